The molecular formula is C15H10ClFN2O2. The molecule has 0 bridgehead atoms. The predicted molar refractivity (Wildman–Crippen MR) is 79.6 cm³/mol. The highest BCUT2D eigenvalue weighted by molar-refractivity contribution is 6.31. The molecule has 0 fully saturated rings. The van der Waals surface area contributed by atoms with Gasteiger partial charge >= 0.3 is 0 Å². The summed E-state index contributed by atoms with van der Waals surface area (Å²) >= 11 is 5.90. The molecule has 2 aromatic carbocycles. The molecule has 0 unspecified atom stereocenters. The Morgan fingerprint density at radius 1 is 1.24 bits per heavy atom. The summed E-state index contributed by atoms with van der Waals surface area (Å²) in [4.78, 5) is 10.9. The number of nitroso groups, excluding NO2 is 1. The van der Waals surface area contributed by atoms with E-state index in [1.54, 1.807) is 36.4 Å². The average Bonchev–Trinajstić information content (AvgIpc) is 2.73. The number of aromatic hydroxyl groups is 1. The van der Waals surface area contributed by atoms with Crippen LogP contribution >= 0.6 is 11.6 Å². The van der Waals surface area contributed by atoms with Crippen molar-refractivity contribution in [1.29, 1.82) is 0 Å². The lowest BCUT2D eigenvalue weighted by molar-refractivity contribution is 0.428. The third-order valence-corrected chi connectivity index (χ3v) is 3.58. The van der Waals surface area contributed by atoms with Gasteiger partial charge in [0.1, 0.15) is 5.82 Å². The molecule has 0 aliphatic rings. The molecule has 1 heterocycles. The van der Waals surface area contributed by atoms with Crippen molar-refractivity contribution in [3.8, 4) is 5.88 Å². The summed E-state index contributed by atoms with van der Waals surface area (Å²) in [7, 11) is 0. The van der Waals surface area contributed by atoms with Crippen molar-refractivity contribution in [1.82, 2.24) is 4.57 Å². The standard InChI is InChI=1S/C15H10ClFN2O2/c16-10-5-6-13-11(7-10)14(18-21)15(20)19(13)8-9-3-1-2-4-12(9)17/h1-7,20H,8H2. The van der Waals surface area contributed by atoms with Crippen LogP contribution in [0.1, 0.15) is 5.56 Å². The second-order valence-corrected chi connectivity index (χ2v) is 5.04. The molecule has 3 aromatic rings. The van der Waals surface area contributed by atoms with E-state index in [9.17, 15) is 14.4 Å². The third kappa shape index (κ3) is 2.25. The Morgan fingerprint density at radius 2 is 2.00 bits per heavy atom. The first-order valence-electron chi connectivity index (χ1n) is 6.19. The molecule has 1 aromatic heterocycles. The van der Waals surface area contributed by atoms with Gasteiger partial charge in [-0.05, 0) is 29.4 Å². The molecule has 0 spiro atoms. The lowest BCUT2D eigenvalue weighted by Crippen LogP contribution is -2.01. The molecule has 1 N–H and O–H groups in total. The normalized spacial score (nSPS) is 11.0. The highest BCUT2D eigenvalue weighted by Crippen LogP contribution is 2.40. The summed E-state index contributed by atoms with van der Waals surface area (Å²) < 4.78 is 15.2. The summed E-state index contributed by atoms with van der Waals surface area (Å²) in [5.74, 6) is -0.682. The SMILES string of the molecule is O=Nc1c(O)n(Cc2ccccc2F)c2ccc(Cl)cc12. The maximum Gasteiger partial charge on any atom is 0.222 e. The molecule has 3 rings (SSSR count). The number of hydrogen-bond donors (Lipinski definition) is 1. The Labute approximate surface area is 124 Å². The van der Waals surface area contributed by atoms with Crippen LogP contribution in [0.5, 0.6) is 5.88 Å². The Kier molecular flexibility index (Phi) is 3.35. The monoisotopic (exact) mass is 304 g/mol. The Balaban J connectivity index is 2.21. The summed E-state index contributed by atoms with van der Waals surface area (Å²) in [6.45, 7) is 0.0894. The Morgan fingerprint density at radius 3 is 2.71 bits per heavy atom. The van der Waals surface area contributed by atoms with E-state index in [0.717, 1.165) is 0 Å². The minimum atomic E-state index is -0.381. The van der Waals surface area contributed by atoms with E-state index in [1.807, 2.05) is 0 Å². The van der Waals surface area contributed by atoms with Gasteiger partial charge in [-0.25, -0.2) is 4.39 Å². The number of aromatic nitrogens is 1. The van der Waals surface area contributed by atoms with E-state index in [4.69, 9.17) is 11.6 Å². The molecule has 0 radical (unpaired) electrons. The summed E-state index contributed by atoms with van der Waals surface area (Å²) in [5, 5.41) is 13.9. The van der Waals surface area contributed by atoms with Crippen molar-refractivity contribution in [3.05, 3.63) is 63.8 Å². The van der Waals surface area contributed by atoms with Crippen LogP contribution in [0.2, 0.25) is 5.02 Å². The third-order valence-electron chi connectivity index (χ3n) is 3.35. The van der Waals surface area contributed by atoms with Gasteiger partial charge in [-0.3, -0.25) is 0 Å². The van der Waals surface area contributed by atoms with Crippen LogP contribution in [0.4, 0.5) is 10.1 Å². The highest BCUT2D eigenvalue weighted by Gasteiger charge is 2.18. The molecule has 0 atom stereocenters. The van der Waals surface area contributed by atoms with Crippen molar-refractivity contribution >= 4 is 28.2 Å². The van der Waals surface area contributed by atoms with E-state index in [1.165, 1.54) is 10.6 Å². The van der Waals surface area contributed by atoms with Gasteiger partial charge in [0.15, 0.2) is 5.69 Å². The van der Waals surface area contributed by atoms with Gasteiger partial charge in [0.2, 0.25) is 5.88 Å². The topological polar surface area (TPSA) is 54.6 Å². The maximum atomic E-state index is 13.8. The average molecular weight is 305 g/mol. The van der Waals surface area contributed by atoms with Crippen LogP contribution in [-0.2, 0) is 6.54 Å². The minimum absolute atomic E-state index is 0.0894. The zero-order valence-corrected chi connectivity index (χ0v) is 11.5. The largest absolute Gasteiger partial charge is 0.493 e. The first-order valence-corrected chi connectivity index (χ1v) is 6.57. The van der Waals surface area contributed by atoms with Crippen molar-refractivity contribution in [2.75, 3.05) is 0 Å². The zero-order chi connectivity index (χ0) is 15.0. The lowest BCUT2D eigenvalue weighted by Gasteiger charge is -2.08. The minimum Gasteiger partial charge on any atom is -0.493 e. The van der Waals surface area contributed by atoms with Gasteiger partial charge < -0.3 is 9.67 Å². The van der Waals surface area contributed by atoms with Gasteiger partial charge in [0.05, 0.1) is 12.1 Å². The van der Waals surface area contributed by atoms with Gasteiger partial charge in [-0.15, -0.1) is 4.91 Å². The van der Waals surface area contributed by atoms with Crippen LogP contribution in [0, 0.1) is 10.7 Å². The Bertz CT molecular complexity index is 845. The zero-order valence-electron chi connectivity index (χ0n) is 10.8. The molecular weight excluding hydrogens is 295 g/mol. The van der Waals surface area contributed by atoms with Crippen molar-refractivity contribution in [3.63, 3.8) is 0 Å². The van der Waals surface area contributed by atoms with Gasteiger partial charge in [-0.2, -0.15) is 0 Å². The van der Waals surface area contributed by atoms with E-state index in [0.29, 0.717) is 21.5 Å². The fourth-order valence-electron chi connectivity index (χ4n) is 2.34. The summed E-state index contributed by atoms with van der Waals surface area (Å²) in [6, 6.07) is 11.1. The number of nitrogens with zero attached hydrogens (tertiary/aromatic N) is 2. The molecule has 106 valence electrons. The Hall–Kier alpha value is -2.40. The van der Waals surface area contributed by atoms with Crippen molar-refractivity contribution < 1.29 is 9.50 Å². The molecule has 4 nitrogen and oxygen atoms in total. The van der Waals surface area contributed by atoms with Crippen molar-refractivity contribution in [2.24, 2.45) is 5.18 Å². The van der Waals surface area contributed by atoms with Crippen LogP contribution < -0.4 is 0 Å². The maximum absolute atomic E-state index is 13.8. The van der Waals surface area contributed by atoms with Gasteiger partial charge in [0, 0.05) is 16.0 Å². The van der Waals surface area contributed by atoms with Crippen LogP contribution in [0.15, 0.2) is 47.6 Å². The predicted octanol–water partition coefficient (Wildman–Crippen LogP) is 4.59. The highest BCUT2D eigenvalue weighted by atomic mass is 35.5. The molecule has 0 aliphatic heterocycles. The molecule has 21 heavy (non-hydrogen) atoms. The van der Waals surface area contributed by atoms with E-state index in [2.05, 4.69) is 5.18 Å². The number of halogens is 2. The quantitative estimate of drug-likeness (QED) is 0.720. The number of rotatable bonds is 3. The molecule has 0 saturated carbocycles. The summed E-state index contributed by atoms with van der Waals surface area (Å²) in [6.07, 6.45) is 0. The van der Waals surface area contributed by atoms with E-state index < -0.39 is 0 Å². The molecule has 6 heteroatoms. The molecule has 0 amide bonds. The fourth-order valence-corrected chi connectivity index (χ4v) is 2.51. The summed E-state index contributed by atoms with van der Waals surface area (Å²) in [5.41, 5.74) is 0.871. The van der Waals surface area contributed by atoms with Crippen molar-refractivity contribution in [2.45, 2.75) is 6.54 Å². The van der Waals surface area contributed by atoms with Gasteiger partial charge in [0.25, 0.3) is 0 Å². The molecule has 0 aliphatic carbocycles. The first kappa shape index (κ1) is 13.6. The van der Waals surface area contributed by atoms with Crippen LogP contribution in [0.25, 0.3) is 10.9 Å². The smallest absolute Gasteiger partial charge is 0.222 e. The van der Waals surface area contributed by atoms with Crippen LogP contribution in [-0.4, -0.2) is 9.67 Å². The second kappa shape index (κ2) is 5.18. The molecule has 0 saturated heterocycles. The lowest BCUT2D eigenvalue weighted by atomic mass is 10.2. The fraction of sp³-hybridized carbons (Fsp3) is 0.0667. The number of hydrogen-bond acceptors (Lipinski definition) is 3. The number of fused-ring (bicyclic) bond motifs is 1. The van der Waals surface area contributed by atoms with E-state index >= 15 is 0 Å². The first-order chi connectivity index (χ1) is 10.1. The van der Waals surface area contributed by atoms with Crippen LogP contribution in [0.3, 0.4) is 0 Å². The second-order valence-electron chi connectivity index (χ2n) is 4.60. The number of benzene rings is 2. The van der Waals surface area contributed by atoms with E-state index in [-0.39, 0.29) is 23.9 Å². The van der Waals surface area contributed by atoms with Gasteiger partial charge in [-0.1, -0.05) is 29.8 Å².